The molecule has 0 spiro atoms. The molecule has 4 aromatic rings. The standard InChI is InChI=1S/C22H14F3N5S/c23-22(24,25)18-7-2-8-19(11-18)30-20(17-6-3-9-27-13-17)28-29-21(30)31-14-16-5-1-4-15(10-16)12-26/h1-11,13H,14H2. The van der Waals surface area contributed by atoms with E-state index >= 15 is 0 Å². The molecule has 0 aliphatic rings. The van der Waals surface area contributed by atoms with E-state index < -0.39 is 11.7 Å². The van der Waals surface area contributed by atoms with E-state index in [4.69, 9.17) is 5.26 Å². The first-order valence-electron chi connectivity index (χ1n) is 9.11. The minimum Gasteiger partial charge on any atom is -0.270 e. The van der Waals surface area contributed by atoms with Gasteiger partial charge in [0.1, 0.15) is 0 Å². The fourth-order valence-corrected chi connectivity index (χ4v) is 3.87. The molecule has 5 nitrogen and oxygen atoms in total. The first-order chi connectivity index (χ1) is 15.0. The zero-order valence-corrected chi connectivity index (χ0v) is 16.7. The summed E-state index contributed by atoms with van der Waals surface area (Å²) in [5.74, 6) is 0.861. The van der Waals surface area contributed by atoms with Crippen molar-refractivity contribution >= 4 is 11.8 Å². The monoisotopic (exact) mass is 437 g/mol. The number of aromatic nitrogens is 4. The maximum absolute atomic E-state index is 13.3. The molecular formula is C22H14F3N5S. The van der Waals surface area contributed by atoms with Crippen molar-refractivity contribution in [1.29, 1.82) is 5.26 Å². The van der Waals surface area contributed by atoms with Gasteiger partial charge in [0.05, 0.1) is 22.9 Å². The predicted molar refractivity (Wildman–Crippen MR) is 110 cm³/mol. The number of pyridine rings is 1. The number of nitrogens with zero attached hydrogens (tertiary/aromatic N) is 5. The molecule has 2 aromatic carbocycles. The van der Waals surface area contributed by atoms with Crippen molar-refractivity contribution in [1.82, 2.24) is 19.7 Å². The summed E-state index contributed by atoms with van der Waals surface area (Å²) in [4.78, 5) is 4.08. The largest absolute Gasteiger partial charge is 0.416 e. The molecule has 0 amide bonds. The van der Waals surface area contributed by atoms with E-state index in [9.17, 15) is 13.2 Å². The van der Waals surface area contributed by atoms with Gasteiger partial charge in [-0.1, -0.05) is 30.0 Å². The predicted octanol–water partition coefficient (Wildman–Crippen LogP) is 5.51. The number of halogens is 3. The van der Waals surface area contributed by atoms with Crippen molar-refractivity contribution in [2.24, 2.45) is 0 Å². The molecule has 0 N–H and O–H groups in total. The van der Waals surface area contributed by atoms with Crippen LogP contribution in [0.4, 0.5) is 13.2 Å². The van der Waals surface area contributed by atoms with Gasteiger partial charge >= 0.3 is 6.18 Å². The summed E-state index contributed by atoms with van der Waals surface area (Å²) >= 11 is 1.32. The highest BCUT2D eigenvalue weighted by Crippen LogP contribution is 2.34. The van der Waals surface area contributed by atoms with Gasteiger partial charge in [0.2, 0.25) is 0 Å². The highest BCUT2D eigenvalue weighted by molar-refractivity contribution is 7.98. The van der Waals surface area contributed by atoms with Crippen molar-refractivity contribution in [2.75, 3.05) is 0 Å². The quantitative estimate of drug-likeness (QED) is 0.385. The van der Waals surface area contributed by atoms with Gasteiger partial charge in [0.15, 0.2) is 11.0 Å². The van der Waals surface area contributed by atoms with E-state index in [0.29, 0.717) is 33.5 Å². The summed E-state index contributed by atoms with van der Waals surface area (Å²) in [5.41, 5.74) is 1.60. The second-order valence-corrected chi connectivity index (χ2v) is 7.47. The SMILES string of the molecule is N#Cc1cccc(CSc2nnc(-c3cccnc3)n2-c2cccc(C(F)(F)F)c2)c1. The van der Waals surface area contributed by atoms with Crippen LogP contribution in [0.15, 0.2) is 78.2 Å². The lowest BCUT2D eigenvalue weighted by Gasteiger charge is -2.13. The molecule has 0 aliphatic carbocycles. The van der Waals surface area contributed by atoms with Crippen LogP contribution in [0.5, 0.6) is 0 Å². The summed E-state index contributed by atoms with van der Waals surface area (Å²) in [7, 11) is 0. The van der Waals surface area contributed by atoms with E-state index in [-0.39, 0.29) is 0 Å². The smallest absolute Gasteiger partial charge is 0.270 e. The van der Waals surface area contributed by atoms with E-state index in [1.807, 2.05) is 6.07 Å². The molecule has 0 radical (unpaired) electrons. The van der Waals surface area contributed by atoms with Gasteiger partial charge in [-0.05, 0) is 48.0 Å². The Morgan fingerprint density at radius 1 is 1.00 bits per heavy atom. The third-order valence-electron chi connectivity index (χ3n) is 4.41. The number of benzene rings is 2. The molecule has 0 fully saturated rings. The molecule has 0 atom stereocenters. The summed E-state index contributed by atoms with van der Waals surface area (Å²) in [6, 6.07) is 17.8. The second-order valence-electron chi connectivity index (χ2n) is 6.53. The number of hydrogen-bond acceptors (Lipinski definition) is 5. The molecule has 0 aliphatic heterocycles. The zero-order chi connectivity index (χ0) is 21.8. The molecule has 0 unspecified atom stereocenters. The first kappa shape index (κ1) is 20.6. The summed E-state index contributed by atoms with van der Waals surface area (Å²) in [5, 5.41) is 18.0. The molecule has 0 saturated heterocycles. The molecule has 154 valence electrons. The molecule has 0 saturated carbocycles. The van der Waals surface area contributed by atoms with Gasteiger partial charge in [0.25, 0.3) is 0 Å². The van der Waals surface area contributed by atoms with Crippen LogP contribution in [-0.2, 0) is 11.9 Å². The number of rotatable bonds is 5. The molecule has 2 aromatic heterocycles. The maximum atomic E-state index is 13.3. The van der Waals surface area contributed by atoms with Crippen molar-refractivity contribution in [2.45, 2.75) is 17.1 Å². The van der Waals surface area contributed by atoms with Crippen LogP contribution < -0.4 is 0 Å². The Morgan fingerprint density at radius 2 is 1.84 bits per heavy atom. The number of nitriles is 1. The number of hydrogen-bond donors (Lipinski definition) is 0. The van der Waals surface area contributed by atoms with Crippen LogP contribution in [0, 0.1) is 11.3 Å². The Kier molecular flexibility index (Phi) is 5.73. The van der Waals surface area contributed by atoms with E-state index in [1.165, 1.54) is 17.8 Å². The molecule has 31 heavy (non-hydrogen) atoms. The maximum Gasteiger partial charge on any atom is 0.416 e. The van der Waals surface area contributed by atoms with Gasteiger partial charge in [-0.25, -0.2) is 0 Å². The minimum atomic E-state index is -4.47. The van der Waals surface area contributed by atoms with Crippen molar-refractivity contribution in [3.05, 3.63) is 89.7 Å². The first-order valence-corrected chi connectivity index (χ1v) is 10.1. The molecule has 9 heteroatoms. The van der Waals surface area contributed by atoms with E-state index in [2.05, 4.69) is 21.3 Å². The van der Waals surface area contributed by atoms with Crippen LogP contribution in [0.2, 0.25) is 0 Å². The van der Waals surface area contributed by atoms with Gasteiger partial charge in [0, 0.05) is 23.7 Å². The highest BCUT2D eigenvalue weighted by atomic mass is 32.2. The second kappa shape index (κ2) is 8.62. The number of thioether (sulfide) groups is 1. The Morgan fingerprint density at radius 3 is 2.58 bits per heavy atom. The van der Waals surface area contributed by atoms with Crippen molar-refractivity contribution in [3.8, 4) is 23.1 Å². The van der Waals surface area contributed by atoms with E-state index in [0.717, 1.165) is 17.7 Å². The Hall–Kier alpha value is -3.64. The van der Waals surface area contributed by atoms with Crippen molar-refractivity contribution < 1.29 is 13.2 Å². The minimum absolute atomic E-state index is 0.298. The van der Waals surface area contributed by atoms with Gasteiger partial charge in [-0.15, -0.1) is 10.2 Å². The van der Waals surface area contributed by atoms with Crippen LogP contribution in [0.25, 0.3) is 17.1 Å². The lowest BCUT2D eigenvalue weighted by molar-refractivity contribution is -0.137. The lowest BCUT2D eigenvalue weighted by atomic mass is 10.2. The van der Waals surface area contributed by atoms with Crippen LogP contribution in [0.3, 0.4) is 0 Å². The Balaban J connectivity index is 1.76. The average molecular weight is 437 g/mol. The van der Waals surface area contributed by atoms with Gasteiger partial charge < -0.3 is 0 Å². The summed E-state index contributed by atoms with van der Waals surface area (Å²) < 4.78 is 41.5. The van der Waals surface area contributed by atoms with Crippen LogP contribution >= 0.6 is 11.8 Å². The number of alkyl halides is 3. The van der Waals surface area contributed by atoms with Crippen LogP contribution in [-0.4, -0.2) is 19.7 Å². The molecule has 2 heterocycles. The normalized spacial score (nSPS) is 11.3. The lowest BCUT2D eigenvalue weighted by Crippen LogP contribution is -2.07. The third-order valence-corrected chi connectivity index (χ3v) is 5.41. The van der Waals surface area contributed by atoms with Crippen LogP contribution in [0.1, 0.15) is 16.7 Å². The Bertz CT molecular complexity index is 1250. The third kappa shape index (κ3) is 4.59. The van der Waals surface area contributed by atoms with Crippen molar-refractivity contribution in [3.63, 3.8) is 0 Å². The molecule has 0 bridgehead atoms. The zero-order valence-electron chi connectivity index (χ0n) is 15.9. The summed E-state index contributed by atoms with van der Waals surface area (Å²) in [6.45, 7) is 0. The molecular weight excluding hydrogens is 423 g/mol. The topological polar surface area (TPSA) is 67.4 Å². The van der Waals surface area contributed by atoms with E-state index in [1.54, 1.807) is 53.4 Å². The summed E-state index contributed by atoms with van der Waals surface area (Å²) in [6.07, 6.45) is -1.28. The van der Waals surface area contributed by atoms with Gasteiger partial charge in [-0.2, -0.15) is 18.4 Å². The highest BCUT2D eigenvalue weighted by Gasteiger charge is 2.31. The Labute approximate surface area is 180 Å². The van der Waals surface area contributed by atoms with Gasteiger partial charge in [-0.3, -0.25) is 9.55 Å². The fourth-order valence-electron chi connectivity index (χ4n) is 2.98. The molecule has 4 rings (SSSR count). The average Bonchev–Trinajstić information content (AvgIpc) is 3.22. The fraction of sp³-hybridized carbons (Fsp3) is 0.0909.